The van der Waals surface area contributed by atoms with Gasteiger partial charge < -0.3 is 35.7 Å². The van der Waals surface area contributed by atoms with E-state index in [2.05, 4.69) is 10.6 Å². The highest BCUT2D eigenvalue weighted by Crippen LogP contribution is 2.30. The number of hydrogen-bond donors (Lipinski definition) is 4. The third-order valence-corrected chi connectivity index (χ3v) is 7.72. The highest BCUT2D eigenvalue weighted by atomic mass is 16.6. The van der Waals surface area contributed by atoms with Crippen molar-refractivity contribution in [2.75, 3.05) is 14.2 Å². The highest BCUT2D eigenvalue weighted by Gasteiger charge is 2.35. The fraction of sp³-hybridized carbons (Fsp3) is 0.548. The van der Waals surface area contributed by atoms with Crippen molar-refractivity contribution in [3.63, 3.8) is 0 Å². The van der Waals surface area contributed by atoms with Crippen LogP contribution in [0.3, 0.4) is 0 Å². The first kappa shape index (κ1) is 33.0. The molecule has 11 nitrogen and oxygen atoms in total. The van der Waals surface area contributed by atoms with Gasteiger partial charge in [0.2, 0.25) is 11.6 Å². The third-order valence-electron chi connectivity index (χ3n) is 7.72. The second-order valence-electron chi connectivity index (χ2n) is 11.3. The molecule has 0 unspecified atom stereocenters. The Morgan fingerprint density at radius 2 is 1.81 bits per heavy atom. The van der Waals surface area contributed by atoms with Crippen molar-refractivity contribution in [2.24, 2.45) is 17.6 Å². The minimum absolute atomic E-state index is 0.0929. The Bertz CT molecular complexity index is 1230. The minimum atomic E-state index is -0.993. The standard InChI is InChI=1S/C31H43N3O8/c1-16-12-21-26(33-20-10-11-20)23(35)15-22(28(21)37)34-30(38)17(2)8-7-9-24(40-5)29(42-31(32)39)19(4)14-18(3)27(36)25(13-16)41-6/h7-9,14-16,18,20,24-25,27,29,33,36H,10-13H2,1-6H3,(H2,32,39)(H,34,38)/b9-7+,17-8-,19-14+/t16-,18+,24-,25+,27-,29+/m1/s1. The number of amides is 2. The maximum atomic E-state index is 13.6. The van der Waals surface area contributed by atoms with E-state index >= 15 is 0 Å². The molecule has 3 aliphatic rings. The molecule has 1 aliphatic heterocycles. The van der Waals surface area contributed by atoms with Crippen LogP contribution in [0.2, 0.25) is 0 Å². The van der Waals surface area contributed by atoms with Crippen LogP contribution in [0.5, 0.6) is 0 Å². The second kappa shape index (κ2) is 14.6. The number of carbonyl (C=O) groups is 4. The molecule has 0 spiro atoms. The number of carbonyl (C=O) groups excluding carboxylic acids is 4. The zero-order chi connectivity index (χ0) is 31.1. The van der Waals surface area contributed by atoms with Crippen LogP contribution in [0.25, 0.3) is 0 Å². The van der Waals surface area contributed by atoms with Gasteiger partial charge in [0, 0.05) is 43.4 Å². The van der Waals surface area contributed by atoms with E-state index in [0.29, 0.717) is 17.6 Å². The number of rotatable bonds is 5. The minimum Gasteiger partial charge on any atom is -0.439 e. The van der Waals surface area contributed by atoms with E-state index in [0.717, 1.165) is 18.9 Å². The molecule has 0 aromatic rings. The summed E-state index contributed by atoms with van der Waals surface area (Å²) in [7, 11) is 2.94. The van der Waals surface area contributed by atoms with Crippen molar-refractivity contribution >= 4 is 23.6 Å². The largest absolute Gasteiger partial charge is 0.439 e. The number of aliphatic hydroxyl groups is 1. The van der Waals surface area contributed by atoms with Gasteiger partial charge in [-0.1, -0.05) is 38.2 Å². The van der Waals surface area contributed by atoms with E-state index in [9.17, 15) is 24.3 Å². The first-order valence-corrected chi connectivity index (χ1v) is 14.2. The summed E-state index contributed by atoms with van der Waals surface area (Å²) >= 11 is 0. The molecule has 5 N–H and O–H groups in total. The van der Waals surface area contributed by atoms with Gasteiger partial charge >= 0.3 is 6.09 Å². The zero-order valence-electron chi connectivity index (χ0n) is 25.1. The van der Waals surface area contributed by atoms with Crippen LogP contribution >= 0.6 is 0 Å². The molecule has 6 atom stereocenters. The molecule has 230 valence electrons. The van der Waals surface area contributed by atoms with Gasteiger partial charge in [0.25, 0.3) is 5.91 Å². The highest BCUT2D eigenvalue weighted by molar-refractivity contribution is 6.23. The summed E-state index contributed by atoms with van der Waals surface area (Å²) in [6.07, 6.45) is 5.85. The summed E-state index contributed by atoms with van der Waals surface area (Å²) in [6, 6.07) is 0.140. The molecule has 1 saturated carbocycles. The predicted octanol–water partition coefficient (Wildman–Crippen LogP) is 2.51. The first-order valence-electron chi connectivity index (χ1n) is 14.2. The van der Waals surface area contributed by atoms with Gasteiger partial charge in [-0.15, -0.1) is 0 Å². The Balaban J connectivity index is 2.05. The van der Waals surface area contributed by atoms with Crippen LogP contribution in [0.4, 0.5) is 4.79 Å². The van der Waals surface area contributed by atoms with E-state index in [-0.39, 0.29) is 41.1 Å². The Morgan fingerprint density at radius 3 is 2.40 bits per heavy atom. The molecule has 2 aliphatic carbocycles. The van der Waals surface area contributed by atoms with E-state index in [1.54, 1.807) is 32.1 Å². The molecule has 3 rings (SSSR count). The first-order chi connectivity index (χ1) is 19.9. The lowest BCUT2D eigenvalue weighted by Gasteiger charge is -2.30. The molecule has 2 bridgehead atoms. The van der Waals surface area contributed by atoms with E-state index in [1.807, 2.05) is 13.8 Å². The molecule has 1 fully saturated rings. The van der Waals surface area contributed by atoms with Crippen LogP contribution in [0.15, 0.2) is 58.5 Å². The van der Waals surface area contributed by atoms with Crippen LogP contribution in [-0.4, -0.2) is 73.4 Å². The number of hydrogen-bond acceptors (Lipinski definition) is 9. The fourth-order valence-corrected chi connectivity index (χ4v) is 5.17. The van der Waals surface area contributed by atoms with Gasteiger partial charge in [-0.25, -0.2) is 4.79 Å². The van der Waals surface area contributed by atoms with Crippen LogP contribution in [0.1, 0.15) is 53.4 Å². The molecule has 11 heteroatoms. The van der Waals surface area contributed by atoms with E-state index in [1.165, 1.54) is 20.3 Å². The van der Waals surface area contributed by atoms with Crippen LogP contribution in [0, 0.1) is 11.8 Å². The van der Waals surface area contributed by atoms with Crippen molar-refractivity contribution in [3.8, 4) is 0 Å². The van der Waals surface area contributed by atoms with Crippen molar-refractivity contribution in [1.82, 2.24) is 10.6 Å². The topological polar surface area (TPSA) is 166 Å². The molecule has 0 aromatic heterocycles. The van der Waals surface area contributed by atoms with Gasteiger partial charge in [-0.3, -0.25) is 14.4 Å². The van der Waals surface area contributed by atoms with Crippen LogP contribution in [-0.2, 0) is 28.6 Å². The fourth-order valence-electron chi connectivity index (χ4n) is 5.17. The van der Waals surface area contributed by atoms with Crippen molar-refractivity contribution in [1.29, 1.82) is 0 Å². The van der Waals surface area contributed by atoms with Gasteiger partial charge in [0.1, 0.15) is 6.10 Å². The number of Topliss-reactive ketones (excluding diaryl/α,β-unsaturated/α-hetero) is 1. The summed E-state index contributed by atoms with van der Waals surface area (Å²) < 4.78 is 16.6. The maximum absolute atomic E-state index is 13.6. The summed E-state index contributed by atoms with van der Waals surface area (Å²) in [5.74, 6) is -1.94. The number of nitrogens with one attached hydrogen (secondary N) is 2. The van der Waals surface area contributed by atoms with Gasteiger partial charge in [-0.2, -0.15) is 0 Å². The van der Waals surface area contributed by atoms with E-state index in [4.69, 9.17) is 19.9 Å². The SMILES string of the molecule is CO[C@H]1C[C@H](C)CC2=C(NC3CC3)C(=O)C=C(NC(=O)/C(C)=C\C=C\[C@@H](OC)[C@@H](OC(N)=O)/C(C)=C/[C@H](C)[C@H]1O)C2=O. The van der Waals surface area contributed by atoms with Crippen molar-refractivity contribution < 1.29 is 38.5 Å². The molecular weight excluding hydrogens is 542 g/mol. The lowest BCUT2D eigenvalue weighted by atomic mass is 9.85. The number of nitrogens with two attached hydrogens (primary N) is 1. The Kier molecular flexibility index (Phi) is 11.4. The van der Waals surface area contributed by atoms with Gasteiger partial charge in [-0.05, 0) is 51.0 Å². The quantitative estimate of drug-likeness (QED) is 0.280. The summed E-state index contributed by atoms with van der Waals surface area (Å²) in [6.45, 7) is 7.04. The van der Waals surface area contributed by atoms with Crippen molar-refractivity contribution in [3.05, 3.63) is 58.5 Å². The molecule has 42 heavy (non-hydrogen) atoms. The summed E-state index contributed by atoms with van der Waals surface area (Å²) in [5.41, 5.74) is 6.69. The van der Waals surface area contributed by atoms with Gasteiger partial charge in [0.15, 0.2) is 6.10 Å². The predicted molar refractivity (Wildman–Crippen MR) is 156 cm³/mol. The monoisotopic (exact) mass is 585 g/mol. The number of ether oxygens (including phenoxy) is 3. The Morgan fingerprint density at radius 1 is 1.12 bits per heavy atom. The van der Waals surface area contributed by atoms with Crippen LogP contribution < -0.4 is 16.4 Å². The van der Waals surface area contributed by atoms with E-state index < -0.39 is 48.1 Å². The third kappa shape index (κ3) is 8.50. The lowest BCUT2D eigenvalue weighted by Crippen LogP contribution is -2.38. The summed E-state index contributed by atoms with van der Waals surface area (Å²) in [5, 5.41) is 17.0. The number of aliphatic hydroxyl groups excluding tert-OH is 1. The Labute approximate surface area is 246 Å². The molecule has 2 amide bonds. The smallest absolute Gasteiger partial charge is 0.405 e. The molecule has 0 saturated heterocycles. The van der Waals surface area contributed by atoms with Crippen molar-refractivity contribution in [2.45, 2.75) is 83.8 Å². The number of allylic oxidation sites excluding steroid dienone is 4. The number of methoxy groups -OCH3 is 2. The number of fused-ring (bicyclic) bond motifs is 2. The summed E-state index contributed by atoms with van der Waals surface area (Å²) in [4.78, 5) is 51.5. The molecular formula is C31H43N3O8. The normalized spacial score (nSPS) is 33.5. The average molecular weight is 586 g/mol. The number of primary amides is 1. The molecule has 1 heterocycles. The number of ketones is 2. The maximum Gasteiger partial charge on any atom is 0.405 e. The zero-order valence-corrected chi connectivity index (χ0v) is 25.1. The lowest BCUT2D eigenvalue weighted by molar-refractivity contribution is -0.120. The molecule has 0 radical (unpaired) electrons. The average Bonchev–Trinajstić information content (AvgIpc) is 3.76. The Hall–Kier alpha value is -3.54. The van der Waals surface area contributed by atoms with Gasteiger partial charge in [0.05, 0.1) is 23.6 Å². The molecule has 0 aromatic carbocycles. The second-order valence-corrected chi connectivity index (χ2v) is 11.3.